The lowest BCUT2D eigenvalue weighted by Crippen LogP contribution is -2.43. The number of carbonyl (C=O) groups excluding carboxylic acids is 1. The van der Waals surface area contributed by atoms with Crippen LogP contribution < -0.4 is 0 Å². The van der Waals surface area contributed by atoms with Crippen LogP contribution in [0.2, 0.25) is 0 Å². The predicted molar refractivity (Wildman–Crippen MR) is 148 cm³/mol. The molecule has 35 heavy (non-hydrogen) atoms. The molecule has 0 rings (SSSR count). The molecule has 0 aromatic heterocycles. The number of unbranched alkanes of at least 4 members (excludes halogenated alkanes) is 14. The number of esters is 1. The first-order valence-electron chi connectivity index (χ1n) is 14.9. The number of ether oxygens (including phenoxy) is 1. The molecule has 2 atom stereocenters. The molecular weight excluding hydrogens is 438 g/mol. The van der Waals surface area contributed by atoms with Gasteiger partial charge in [0.2, 0.25) is 0 Å². The first-order chi connectivity index (χ1) is 16.6. The molecule has 0 fully saturated rings. The number of carboxylic acid groups (broad SMARTS) is 1. The van der Waals surface area contributed by atoms with Crippen LogP contribution in [0.1, 0.15) is 142 Å². The molecule has 0 bridgehead atoms. The van der Waals surface area contributed by atoms with Gasteiger partial charge in [-0.3, -0.25) is 9.59 Å². The van der Waals surface area contributed by atoms with E-state index in [1.54, 1.807) is 0 Å². The maximum absolute atomic E-state index is 12.1. The van der Waals surface area contributed by atoms with E-state index >= 15 is 0 Å². The zero-order chi connectivity index (χ0) is 26.4. The van der Waals surface area contributed by atoms with Crippen molar-refractivity contribution in [2.45, 2.75) is 148 Å². The van der Waals surface area contributed by atoms with Crippen LogP contribution in [0, 0.1) is 5.92 Å². The molecule has 0 aliphatic carbocycles. The van der Waals surface area contributed by atoms with E-state index in [0.29, 0.717) is 17.4 Å². The van der Waals surface area contributed by atoms with Crippen molar-refractivity contribution in [1.29, 1.82) is 0 Å². The van der Waals surface area contributed by atoms with Gasteiger partial charge in [0, 0.05) is 6.42 Å². The lowest BCUT2D eigenvalue weighted by Gasteiger charge is -2.28. The second-order valence-corrected chi connectivity index (χ2v) is 11.9. The molecule has 0 aliphatic heterocycles. The summed E-state index contributed by atoms with van der Waals surface area (Å²) >= 11 is 0. The summed E-state index contributed by atoms with van der Waals surface area (Å²) in [6.07, 6.45) is 23.5. The number of hydrogen-bond donors (Lipinski definition) is 1. The van der Waals surface area contributed by atoms with E-state index in [-0.39, 0.29) is 12.4 Å². The van der Waals surface area contributed by atoms with Gasteiger partial charge in [-0.15, -0.1) is 0 Å². The molecule has 5 heteroatoms. The van der Waals surface area contributed by atoms with Gasteiger partial charge in [0.05, 0.1) is 27.6 Å². The van der Waals surface area contributed by atoms with Crippen LogP contribution >= 0.6 is 0 Å². The fourth-order valence-corrected chi connectivity index (χ4v) is 4.79. The largest absolute Gasteiger partial charge is 0.481 e. The number of quaternary nitrogens is 1. The van der Waals surface area contributed by atoms with E-state index in [2.05, 4.69) is 13.8 Å². The first-order valence-corrected chi connectivity index (χ1v) is 14.9. The smallest absolute Gasteiger partial charge is 0.307 e. The van der Waals surface area contributed by atoms with Gasteiger partial charge < -0.3 is 14.3 Å². The maximum atomic E-state index is 12.1. The Hall–Kier alpha value is -1.10. The third kappa shape index (κ3) is 25.8. The lowest BCUT2D eigenvalue weighted by molar-refractivity contribution is -0.873. The van der Waals surface area contributed by atoms with E-state index in [1.165, 1.54) is 96.3 Å². The summed E-state index contributed by atoms with van der Waals surface area (Å²) in [5, 5.41) is 9.06. The third-order valence-corrected chi connectivity index (χ3v) is 6.83. The number of rotatable bonds is 25. The zero-order valence-electron chi connectivity index (χ0n) is 24.1. The maximum Gasteiger partial charge on any atom is 0.307 e. The molecule has 0 aliphatic rings. The molecule has 0 radical (unpaired) electrons. The van der Waals surface area contributed by atoms with Crippen molar-refractivity contribution in [3.8, 4) is 0 Å². The number of likely N-dealkylation sites (N-methyl/N-ethyl adjacent to an activating group) is 1. The highest BCUT2D eigenvalue weighted by Crippen LogP contribution is 2.19. The monoisotopic (exact) mass is 498 g/mol. The molecule has 0 aromatic rings. The Bertz CT molecular complexity index is 515. The average Bonchev–Trinajstić information content (AvgIpc) is 2.75. The van der Waals surface area contributed by atoms with Gasteiger partial charge in [-0.05, 0) is 12.3 Å². The van der Waals surface area contributed by atoms with Gasteiger partial charge in [-0.2, -0.15) is 0 Å². The first kappa shape index (κ1) is 33.9. The van der Waals surface area contributed by atoms with Crippen LogP contribution in [-0.4, -0.2) is 55.3 Å². The molecule has 2 unspecified atom stereocenters. The molecule has 208 valence electrons. The SMILES string of the molecule is CCCCCCCCCCCCC(C)CCCCCCCCC(=O)OC(CC(=O)O)C[N+](C)(C)C. The van der Waals surface area contributed by atoms with Gasteiger partial charge in [0.25, 0.3) is 0 Å². The minimum absolute atomic E-state index is 0.126. The minimum Gasteiger partial charge on any atom is -0.481 e. The zero-order valence-corrected chi connectivity index (χ0v) is 24.1. The molecule has 0 saturated heterocycles. The number of aliphatic carboxylic acids is 1. The Morgan fingerprint density at radius 2 is 1.14 bits per heavy atom. The predicted octanol–water partition coefficient (Wildman–Crippen LogP) is 8.15. The second-order valence-electron chi connectivity index (χ2n) is 11.9. The average molecular weight is 499 g/mol. The van der Waals surface area contributed by atoms with Crippen LogP contribution in [0.15, 0.2) is 0 Å². The fraction of sp³-hybridized carbons (Fsp3) is 0.933. The Morgan fingerprint density at radius 3 is 1.57 bits per heavy atom. The molecule has 0 aromatic carbocycles. The van der Waals surface area contributed by atoms with Crippen molar-refractivity contribution < 1.29 is 23.9 Å². The van der Waals surface area contributed by atoms with Crippen molar-refractivity contribution in [3.63, 3.8) is 0 Å². The Morgan fingerprint density at radius 1 is 0.714 bits per heavy atom. The van der Waals surface area contributed by atoms with Crippen LogP contribution in [0.4, 0.5) is 0 Å². The van der Waals surface area contributed by atoms with E-state index < -0.39 is 12.1 Å². The van der Waals surface area contributed by atoms with Crippen molar-refractivity contribution in [1.82, 2.24) is 0 Å². The quantitative estimate of drug-likeness (QED) is 0.0783. The molecule has 5 nitrogen and oxygen atoms in total. The van der Waals surface area contributed by atoms with Crippen LogP contribution in [-0.2, 0) is 14.3 Å². The van der Waals surface area contributed by atoms with E-state index in [4.69, 9.17) is 9.84 Å². The minimum atomic E-state index is -0.922. The number of carboxylic acids is 1. The summed E-state index contributed by atoms with van der Waals surface area (Å²) < 4.78 is 6.02. The van der Waals surface area contributed by atoms with Crippen molar-refractivity contribution in [2.24, 2.45) is 5.92 Å². The van der Waals surface area contributed by atoms with Crippen molar-refractivity contribution >= 4 is 11.9 Å². The molecule has 0 heterocycles. The lowest BCUT2D eigenvalue weighted by atomic mass is 9.95. The van der Waals surface area contributed by atoms with Crippen molar-refractivity contribution in [3.05, 3.63) is 0 Å². The second kappa shape index (κ2) is 22.1. The molecule has 1 N–H and O–H groups in total. The van der Waals surface area contributed by atoms with Gasteiger partial charge in [0.1, 0.15) is 6.54 Å². The molecule has 0 amide bonds. The van der Waals surface area contributed by atoms with E-state index in [0.717, 1.165) is 25.2 Å². The third-order valence-electron chi connectivity index (χ3n) is 6.83. The summed E-state index contributed by atoms with van der Waals surface area (Å²) in [4.78, 5) is 23.2. The van der Waals surface area contributed by atoms with Gasteiger partial charge >= 0.3 is 11.9 Å². The van der Waals surface area contributed by atoms with Gasteiger partial charge in [0.15, 0.2) is 6.10 Å². The Balaban J connectivity index is 3.58. The number of hydrogen-bond acceptors (Lipinski definition) is 3. The molecular formula is C30H60NO4+. The number of carbonyl (C=O) groups is 2. The van der Waals surface area contributed by atoms with Crippen LogP contribution in [0.3, 0.4) is 0 Å². The normalized spacial score (nSPS) is 13.5. The van der Waals surface area contributed by atoms with Crippen LogP contribution in [0.5, 0.6) is 0 Å². The Kier molecular flexibility index (Phi) is 21.4. The summed E-state index contributed by atoms with van der Waals surface area (Å²) in [5.74, 6) is -0.330. The molecule has 0 spiro atoms. The highest BCUT2D eigenvalue weighted by atomic mass is 16.5. The molecule has 0 saturated carbocycles. The summed E-state index contributed by atoms with van der Waals surface area (Å²) in [6.45, 7) is 5.20. The summed E-state index contributed by atoms with van der Waals surface area (Å²) in [7, 11) is 5.92. The van der Waals surface area contributed by atoms with Crippen molar-refractivity contribution in [2.75, 3.05) is 27.7 Å². The van der Waals surface area contributed by atoms with Crippen LogP contribution in [0.25, 0.3) is 0 Å². The Labute approximate surface area is 218 Å². The van der Waals surface area contributed by atoms with Gasteiger partial charge in [-0.1, -0.05) is 123 Å². The van der Waals surface area contributed by atoms with Gasteiger partial charge in [-0.25, -0.2) is 0 Å². The summed E-state index contributed by atoms with van der Waals surface area (Å²) in [5.41, 5.74) is 0. The number of nitrogens with zero attached hydrogens (tertiary/aromatic N) is 1. The van der Waals surface area contributed by atoms with E-state index in [1.807, 2.05) is 21.1 Å². The fourth-order valence-electron chi connectivity index (χ4n) is 4.79. The highest BCUT2D eigenvalue weighted by Gasteiger charge is 2.24. The topological polar surface area (TPSA) is 63.6 Å². The highest BCUT2D eigenvalue weighted by molar-refractivity contribution is 5.71. The summed E-state index contributed by atoms with van der Waals surface area (Å²) in [6, 6.07) is 0. The van der Waals surface area contributed by atoms with E-state index in [9.17, 15) is 9.59 Å². The standard InChI is InChI=1S/C30H59NO4/c1-6-7-8-9-10-11-12-13-16-19-22-27(2)23-20-17-14-15-18-21-24-30(34)35-28(25-29(32)33)26-31(3,4)5/h27-28H,6-26H2,1-5H3/p+1.